The lowest BCUT2D eigenvalue weighted by atomic mass is 10.1. The van der Waals surface area contributed by atoms with Gasteiger partial charge in [-0.3, -0.25) is 0 Å². The minimum Gasteiger partial charge on any atom is -0.414 e. The summed E-state index contributed by atoms with van der Waals surface area (Å²) in [6.45, 7) is 3.27. The third-order valence-electron chi connectivity index (χ3n) is 4.79. The second-order valence-electron chi connectivity index (χ2n) is 7.21. The lowest BCUT2D eigenvalue weighted by Gasteiger charge is -2.09. The van der Waals surface area contributed by atoms with Crippen LogP contribution in [-0.4, -0.2) is 33.8 Å². The molecule has 0 atom stereocenters. The highest BCUT2D eigenvalue weighted by Crippen LogP contribution is 2.28. The van der Waals surface area contributed by atoms with Gasteiger partial charge in [-0.05, 0) is 50.2 Å². The lowest BCUT2D eigenvalue weighted by molar-refractivity contribution is 0.582. The number of hydrogen-bond acceptors (Lipinski definition) is 9. The molecule has 0 aliphatic carbocycles. The monoisotopic (exact) mass is 450 g/mol. The fourth-order valence-corrected chi connectivity index (χ4v) is 3.97. The van der Waals surface area contributed by atoms with Gasteiger partial charge in [0.15, 0.2) is 21.3 Å². The number of nitrogen functional groups attached to an aromatic ring is 1. The number of nitrogens with zero attached hydrogens (tertiary/aromatic N) is 5. The number of hydrogen-bond donors (Lipinski definition) is 1. The van der Waals surface area contributed by atoms with E-state index in [0.717, 1.165) is 0 Å². The van der Waals surface area contributed by atoms with Gasteiger partial charge in [-0.1, -0.05) is 12.1 Å². The molecule has 4 rings (SSSR count). The summed E-state index contributed by atoms with van der Waals surface area (Å²) in [5.41, 5.74) is 8.50. The summed E-state index contributed by atoms with van der Waals surface area (Å²) < 4.78 is 30.4. The molecule has 0 spiro atoms. The highest BCUT2D eigenvalue weighted by Gasteiger charge is 2.20. The van der Waals surface area contributed by atoms with Gasteiger partial charge >= 0.3 is 0 Å². The van der Waals surface area contributed by atoms with Crippen molar-refractivity contribution in [2.75, 3.05) is 5.73 Å². The van der Waals surface area contributed by atoms with Crippen molar-refractivity contribution in [2.45, 2.75) is 24.0 Å². The van der Waals surface area contributed by atoms with Crippen molar-refractivity contribution >= 4 is 15.7 Å². The van der Waals surface area contributed by atoms with E-state index in [1.807, 2.05) is 6.07 Å². The van der Waals surface area contributed by atoms with Crippen LogP contribution in [0.15, 0.2) is 64.0 Å². The van der Waals surface area contributed by atoms with Crippen LogP contribution in [0, 0.1) is 11.3 Å². The van der Waals surface area contributed by atoms with Crippen molar-refractivity contribution in [1.82, 2.24) is 20.2 Å². The standard InChI is InChI=1S/C22H18N6O3S.2H2/c1-13(2)32(29,30)17-9-7-15(8-10-17)18-12-25-20(24)19(26-18)22-28-27-21(31-22)16-5-3-14(11-23)4-6-16;;/h3-10,12-13H,1-2H3,(H2,24,25);2*1H. The normalized spacial score (nSPS) is 11.4. The minimum atomic E-state index is -3.37. The van der Waals surface area contributed by atoms with Crippen molar-refractivity contribution < 1.29 is 15.7 Å². The number of aromatic nitrogens is 4. The number of nitriles is 1. The number of anilines is 1. The molecule has 0 bridgehead atoms. The van der Waals surface area contributed by atoms with Crippen LogP contribution in [0.3, 0.4) is 0 Å². The summed E-state index contributed by atoms with van der Waals surface area (Å²) >= 11 is 0. The molecule has 0 fully saturated rings. The topological polar surface area (TPSA) is 149 Å². The summed E-state index contributed by atoms with van der Waals surface area (Å²) in [4.78, 5) is 8.91. The van der Waals surface area contributed by atoms with Gasteiger partial charge in [0.2, 0.25) is 5.89 Å². The predicted molar refractivity (Wildman–Crippen MR) is 122 cm³/mol. The first kappa shape index (κ1) is 21.1. The van der Waals surface area contributed by atoms with Gasteiger partial charge in [0, 0.05) is 14.0 Å². The van der Waals surface area contributed by atoms with Crippen LogP contribution in [0.1, 0.15) is 22.3 Å². The lowest BCUT2D eigenvalue weighted by Crippen LogP contribution is -2.13. The van der Waals surface area contributed by atoms with Crippen molar-refractivity contribution in [2.24, 2.45) is 0 Å². The molecule has 0 saturated carbocycles. The zero-order chi connectivity index (χ0) is 22.9. The zero-order valence-corrected chi connectivity index (χ0v) is 18.0. The van der Waals surface area contributed by atoms with Crippen LogP contribution in [0.5, 0.6) is 0 Å². The van der Waals surface area contributed by atoms with E-state index in [0.29, 0.717) is 22.4 Å². The molecule has 0 aliphatic rings. The average molecular weight is 451 g/mol. The SMILES string of the molecule is CC(C)S(=O)(=O)c1ccc(-c2cnc(N)c(-c3nnc(-c4ccc(C#N)cc4)o3)n2)cc1.[HH].[HH]. The molecule has 0 amide bonds. The van der Waals surface area contributed by atoms with Gasteiger partial charge < -0.3 is 10.2 Å². The van der Waals surface area contributed by atoms with E-state index in [4.69, 9.17) is 15.4 Å². The summed E-state index contributed by atoms with van der Waals surface area (Å²) in [5, 5.41) is 16.5. The molecule has 4 aromatic rings. The van der Waals surface area contributed by atoms with Gasteiger partial charge in [-0.15, -0.1) is 10.2 Å². The summed E-state index contributed by atoms with van der Waals surface area (Å²) in [7, 11) is -3.37. The summed E-state index contributed by atoms with van der Waals surface area (Å²) in [5.74, 6) is 0.456. The van der Waals surface area contributed by atoms with Crippen LogP contribution in [-0.2, 0) is 9.84 Å². The molecule has 10 heteroatoms. The Hall–Kier alpha value is -4.10. The molecular formula is C22H22N6O3S. The largest absolute Gasteiger partial charge is 0.414 e. The highest BCUT2D eigenvalue weighted by molar-refractivity contribution is 7.92. The van der Waals surface area contributed by atoms with Crippen molar-refractivity contribution in [3.05, 3.63) is 60.3 Å². The molecule has 2 N–H and O–H groups in total. The Morgan fingerprint density at radius 3 is 2.25 bits per heavy atom. The maximum absolute atomic E-state index is 12.3. The molecule has 2 aromatic heterocycles. The molecule has 0 unspecified atom stereocenters. The number of sulfone groups is 1. The van der Waals surface area contributed by atoms with Gasteiger partial charge in [-0.2, -0.15) is 5.26 Å². The van der Waals surface area contributed by atoms with Crippen molar-refractivity contribution in [3.63, 3.8) is 0 Å². The van der Waals surface area contributed by atoms with E-state index in [-0.39, 0.29) is 31.0 Å². The fourth-order valence-electron chi connectivity index (χ4n) is 2.91. The second-order valence-corrected chi connectivity index (χ2v) is 9.71. The first-order chi connectivity index (χ1) is 15.3. The van der Waals surface area contributed by atoms with Crippen LogP contribution in [0.25, 0.3) is 34.3 Å². The van der Waals surface area contributed by atoms with Crippen LogP contribution in [0.2, 0.25) is 0 Å². The first-order valence-electron chi connectivity index (χ1n) is 9.61. The molecule has 0 saturated heterocycles. The highest BCUT2D eigenvalue weighted by atomic mass is 32.2. The fraction of sp³-hybridized carbons (Fsp3) is 0.136. The minimum absolute atomic E-state index is 0. The number of rotatable bonds is 5. The Balaban J connectivity index is 0.00000204. The third kappa shape index (κ3) is 3.93. The van der Waals surface area contributed by atoms with Gasteiger partial charge in [0.25, 0.3) is 5.89 Å². The first-order valence-corrected chi connectivity index (χ1v) is 11.2. The Kier molecular flexibility index (Phi) is 5.42. The molecule has 164 valence electrons. The van der Waals surface area contributed by atoms with E-state index >= 15 is 0 Å². The Labute approximate surface area is 187 Å². The molecule has 2 aromatic carbocycles. The number of nitrogens with two attached hydrogens (primary N) is 1. The van der Waals surface area contributed by atoms with E-state index in [2.05, 4.69) is 20.2 Å². The maximum Gasteiger partial charge on any atom is 0.270 e. The molecule has 32 heavy (non-hydrogen) atoms. The van der Waals surface area contributed by atoms with E-state index in [9.17, 15) is 8.42 Å². The van der Waals surface area contributed by atoms with Crippen molar-refractivity contribution in [1.29, 1.82) is 5.26 Å². The molecule has 0 aliphatic heterocycles. The van der Waals surface area contributed by atoms with Gasteiger partial charge in [0.1, 0.15) is 0 Å². The summed E-state index contributed by atoms with van der Waals surface area (Å²) in [6, 6.07) is 15.2. The van der Waals surface area contributed by atoms with Crippen LogP contribution in [0.4, 0.5) is 5.82 Å². The van der Waals surface area contributed by atoms with Crippen LogP contribution >= 0.6 is 0 Å². The molecule has 9 nitrogen and oxygen atoms in total. The van der Waals surface area contributed by atoms with E-state index in [1.54, 1.807) is 50.2 Å². The Morgan fingerprint density at radius 1 is 1.00 bits per heavy atom. The molecule has 0 radical (unpaired) electrons. The third-order valence-corrected chi connectivity index (χ3v) is 6.96. The second kappa shape index (κ2) is 8.20. The van der Waals surface area contributed by atoms with E-state index in [1.165, 1.54) is 18.3 Å². The molecule has 2 heterocycles. The predicted octanol–water partition coefficient (Wildman–Crippen LogP) is 3.99. The number of benzene rings is 2. The smallest absolute Gasteiger partial charge is 0.270 e. The maximum atomic E-state index is 12.3. The van der Waals surface area contributed by atoms with Crippen LogP contribution < -0.4 is 5.73 Å². The van der Waals surface area contributed by atoms with Gasteiger partial charge in [-0.25, -0.2) is 18.4 Å². The van der Waals surface area contributed by atoms with Crippen molar-refractivity contribution in [3.8, 4) is 40.4 Å². The zero-order valence-electron chi connectivity index (χ0n) is 17.2. The quantitative estimate of drug-likeness (QED) is 0.476. The summed E-state index contributed by atoms with van der Waals surface area (Å²) in [6.07, 6.45) is 1.49. The van der Waals surface area contributed by atoms with E-state index < -0.39 is 15.1 Å². The average Bonchev–Trinajstić information content (AvgIpc) is 3.29. The Morgan fingerprint density at radius 2 is 1.62 bits per heavy atom. The van der Waals surface area contributed by atoms with Gasteiger partial charge in [0.05, 0.1) is 33.7 Å². The Bertz CT molecular complexity index is 1430. The molecular weight excluding hydrogens is 428 g/mol.